The van der Waals surface area contributed by atoms with Gasteiger partial charge in [-0.1, -0.05) is 23.7 Å². The van der Waals surface area contributed by atoms with Crippen LogP contribution in [0.3, 0.4) is 0 Å². The molecule has 5 nitrogen and oxygen atoms in total. The lowest BCUT2D eigenvalue weighted by Gasteiger charge is -2.11. The predicted molar refractivity (Wildman–Crippen MR) is 90.4 cm³/mol. The quantitative estimate of drug-likeness (QED) is 0.654. The topological polar surface area (TPSA) is 64.9 Å². The van der Waals surface area contributed by atoms with E-state index in [-0.39, 0.29) is 5.56 Å². The Morgan fingerprint density at radius 3 is 2.50 bits per heavy atom. The highest BCUT2D eigenvalue weighted by Gasteiger charge is 2.06. The van der Waals surface area contributed by atoms with Gasteiger partial charge in [0.1, 0.15) is 0 Å². The zero-order valence-corrected chi connectivity index (χ0v) is 13.0. The molecule has 0 aliphatic heterocycles. The van der Waals surface area contributed by atoms with Crippen LogP contribution >= 0.6 is 11.6 Å². The summed E-state index contributed by atoms with van der Waals surface area (Å²) in [4.78, 5) is 12.9. The van der Waals surface area contributed by atoms with Gasteiger partial charge < -0.3 is 10.0 Å². The molecule has 2 N–H and O–H groups in total. The molecule has 2 aromatic rings. The van der Waals surface area contributed by atoms with Crippen LogP contribution in [0, 0.1) is 0 Å². The number of anilines is 2. The molecule has 6 heteroatoms. The van der Waals surface area contributed by atoms with E-state index in [4.69, 9.17) is 16.7 Å². The number of benzene rings is 2. The molecule has 0 unspecified atom stereocenters. The fourth-order valence-electron chi connectivity index (χ4n) is 1.78. The number of carboxylic acid groups (broad SMARTS) is 1. The Kier molecular flexibility index (Phi) is 5.01. The molecule has 2 aromatic carbocycles. The fraction of sp³-hybridized carbons (Fsp3) is 0.125. The number of aromatic carboxylic acids is 1. The van der Waals surface area contributed by atoms with Gasteiger partial charge >= 0.3 is 5.97 Å². The molecule has 0 saturated heterocycles. The fourth-order valence-corrected chi connectivity index (χ4v) is 1.94. The van der Waals surface area contributed by atoms with Gasteiger partial charge in [0, 0.05) is 19.8 Å². The van der Waals surface area contributed by atoms with Gasteiger partial charge in [0.25, 0.3) is 0 Å². The van der Waals surface area contributed by atoms with Gasteiger partial charge in [0.2, 0.25) is 0 Å². The first kappa shape index (κ1) is 15.9. The molecular formula is C16H16ClN3O2. The van der Waals surface area contributed by atoms with Crippen molar-refractivity contribution in [1.29, 1.82) is 0 Å². The molecule has 0 aromatic heterocycles. The number of halogens is 1. The summed E-state index contributed by atoms with van der Waals surface area (Å²) in [5.74, 6) is -1.01. The van der Waals surface area contributed by atoms with Crippen LogP contribution in [-0.4, -0.2) is 31.4 Å². The van der Waals surface area contributed by atoms with E-state index < -0.39 is 5.97 Å². The molecule has 0 aliphatic rings. The molecular weight excluding hydrogens is 302 g/mol. The summed E-state index contributed by atoms with van der Waals surface area (Å²) in [5, 5.41) is 13.5. The number of carboxylic acids is 1. The van der Waals surface area contributed by atoms with Crippen molar-refractivity contribution in [3.05, 3.63) is 58.6 Å². The third-order valence-corrected chi connectivity index (χ3v) is 3.35. The van der Waals surface area contributed by atoms with Gasteiger partial charge in [0.05, 0.1) is 22.5 Å². The van der Waals surface area contributed by atoms with Gasteiger partial charge in [-0.2, -0.15) is 5.10 Å². The molecule has 0 spiro atoms. The third kappa shape index (κ3) is 3.99. The van der Waals surface area contributed by atoms with Crippen LogP contribution in [0.4, 0.5) is 11.4 Å². The van der Waals surface area contributed by atoms with Gasteiger partial charge in [-0.05, 0) is 35.9 Å². The largest absolute Gasteiger partial charge is 0.478 e. The Morgan fingerprint density at radius 1 is 1.23 bits per heavy atom. The van der Waals surface area contributed by atoms with Gasteiger partial charge in [-0.3, -0.25) is 5.43 Å². The second kappa shape index (κ2) is 6.95. The number of hydrogen-bond donors (Lipinski definition) is 2. The number of nitrogens with one attached hydrogen (secondary N) is 1. The maximum atomic E-state index is 10.9. The highest BCUT2D eigenvalue weighted by atomic mass is 35.5. The van der Waals surface area contributed by atoms with Crippen LogP contribution in [-0.2, 0) is 0 Å². The smallest absolute Gasteiger partial charge is 0.335 e. The molecule has 0 amide bonds. The van der Waals surface area contributed by atoms with Crippen molar-refractivity contribution in [3.8, 4) is 0 Å². The summed E-state index contributed by atoms with van der Waals surface area (Å²) in [7, 11) is 3.95. The first-order valence-corrected chi connectivity index (χ1v) is 6.94. The van der Waals surface area contributed by atoms with Crippen molar-refractivity contribution in [2.45, 2.75) is 0 Å². The molecule has 0 radical (unpaired) electrons. The number of carbonyl (C=O) groups is 1. The van der Waals surface area contributed by atoms with E-state index in [1.54, 1.807) is 6.21 Å². The minimum Gasteiger partial charge on any atom is -0.478 e. The van der Waals surface area contributed by atoms with Gasteiger partial charge in [-0.15, -0.1) is 0 Å². The highest BCUT2D eigenvalue weighted by Crippen LogP contribution is 2.23. The summed E-state index contributed by atoms with van der Waals surface area (Å²) in [5.41, 5.74) is 5.37. The molecule has 22 heavy (non-hydrogen) atoms. The summed E-state index contributed by atoms with van der Waals surface area (Å²) in [6, 6.07) is 12.3. The number of nitrogens with zero attached hydrogens (tertiary/aromatic N) is 2. The van der Waals surface area contributed by atoms with Gasteiger partial charge in [0.15, 0.2) is 0 Å². The SMILES string of the molecule is CN(C)c1ccc(/C=N\Nc2cc(C(=O)O)ccc2Cl)cc1. The second-order valence-electron chi connectivity index (χ2n) is 4.86. The Hall–Kier alpha value is -2.53. The predicted octanol–water partition coefficient (Wildman–Crippen LogP) is 3.55. The Balaban J connectivity index is 2.09. The number of rotatable bonds is 5. The van der Waals surface area contributed by atoms with Crippen molar-refractivity contribution in [2.24, 2.45) is 5.10 Å². The van der Waals surface area contributed by atoms with Crippen LogP contribution in [0.15, 0.2) is 47.6 Å². The van der Waals surface area contributed by atoms with E-state index in [0.29, 0.717) is 10.7 Å². The molecule has 114 valence electrons. The standard InChI is InChI=1S/C16H16ClN3O2/c1-20(2)13-6-3-11(4-7-13)10-18-19-15-9-12(16(21)22)5-8-14(15)17/h3-10,19H,1-2H3,(H,21,22)/b18-10-. The average Bonchev–Trinajstić information content (AvgIpc) is 2.49. The van der Waals surface area contributed by atoms with E-state index >= 15 is 0 Å². The highest BCUT2D eigenvalue weighted by molar-refractivity contribution is 6.33. The van der Waals surface area contributed by atoms with Crippen molar-refractivity contribution in [3.63, 3.8) is 0 Å². The lowest BCUT2D eigenvalue weighted by atomic mass is 10.2. The van der Waals surface area contributed by atoms with Crippen molar-refractivity contribution in [1.82, 2.24) is 0 Å². The normalized spacial score (nSPS) is 10.7. The molecule has 0 saturated carbocycles. The first-order chi connectivity index (χ1) is 10.5. The monoisotopic (exact) mass is 317 g/mol. The van der Waals surface area contributed by atoms with Crippen LogP contribution in [0.5, 0.6) is 0 Å². The van der Waals surface area contributed by atoms with E-state index in [9.17, 15) is 4.79 Å². The Bertz CT molecular complexity index is 697. The lowest BCUT2D eigenvalue weighted by Crippen LogP contribution is -2.08. The molecule has 2 rings (SSSR count). The maximum Gasteiger partial charge on any atom is 0.335 e. The van der Waals surface area contributed by atoms with Crippen molar-refractivity contribution >= 4 is 35.2 Å². The average molecular weight is 318 g/mol. The Morgan fingerprint density at radius 2 is 1.91 bits per heavy atom. The van der Waals surface area contributed by atoms with Crippen molar-refractivity contribution < 1.29 is 9.90 Å². The van der Waals surface area contributed by atoms with Crippen LogP contribution in [0.2, 0.25) is 5.02 Å². The summed E-state index contributed by atoms with van der Waals surface area (Å²) in [6.45, 7) is 0. The van der Waals surface area contributed by atoms with Crippen LogP contribution < -0.4 is 10.3 Å². The number of hydrazone groups is 1. The van der Waals surface area contributed by atoms with E-state index in [2.05, 4.69) is 10.5 Å². The van der Waals surface area contributed by atoms with E-state index in [1.165, 1.54) is 18.2 Å². The molecule has 0 heterocycles. The summed E-state index contributed by atoms with van der Waals surface area (Å²) in [6.07, 6.45) is 1.64. The first-order valence-electron chi connectivity index (χ1n) is 6.56. The minimum absolute atomic E-state index is 0.150. The minimum atomic E-state index is -1.01. The summed E-state index contributed by atoms with van der Waals surface area (Å²) >= 11 is 6.00. The second-order valence-corrected chi connectivity index (χ2v) is 5.26. The van der Waals surface area contributed by atoms with Crippen LogP contribution in [0.25, 0.3) is 0 Å². The molecule has 0 fully saturated rings. The third-order valence-electron chi connectivity index (χ3n) is 3.02. The van der Waals surface area contributed by atoms with Gasteiger partial charge in [-0.25, -0.2) is 4.79 Å². The van der Waals surface area contributed by atoms with E-state index in [1.807, 2.05) is 43.3 Å². The van der Waals surface area contributed by atoms with Crippen molar-refractivity contribution in [2.75, 3.05) is 24.4 Å². The summed E-state index contributed by atoms with van der Waals surface area (Å²) < 4.78 is 0. The lowest BCUT2D eigenvalue weighted by molar-refractivity contribution is 0.0697. The maximum absolute atomic E-state index is 10.9. The molecule has 0 bridgehead atoms. The zero-order valence-electron chi connectivity index (χ0n) is 12.2. The Labute approximate surface area is 133 Å². The van der Waals surface area contributed by atoms with Crippen LogP contribution in [0.1, 0.15) is 15.9 Å². The van der Waals surface area contributed by atoms with E-state index in [0.717, 1.165) is 11.3 Å². The number of hydrogen-bond acceptors (Lipinski definition) is 4. The molecule has 0 aliphatic carbocycles. The zero-order chi connectivity index (χ0) is 16.1. The molecule has 0 atom stereocenters.